The fourth-order valence-electron chi connectivity index (χ4n) is 2.19. The molecule has 0 amide bonds. The Morgan fingerprint density at radius 3 is 2.89 bits per heavy atom. The first-order valence-corrected chi connectivity index (χ1v) is 6.17. The molecular formula is C13H16N4O. The van der Waals surface area contributed by atoms with Gasteiger partial charge < -0.3 is 14.7 Å². The summed E-state index contributed by atoms with van der Waals surface area (Å²) in [6.07, 6.45) is 1.12. The quantitative estimate of drug-likeness (QED) is 0.887. The summed E-state index contributed by atoms with van der Waals surface area (Å²) in [5, 5.41) is 7.38. The van der Waals surface area contributed by atoms with Crippen LogP contribution in [-0.4, -0.2) is 36.3 Å². The van der Waals surface area contributed by atoms with Crippen molar-refractivity contribution in [2.75, 3.05) is 25.0 Å². The average molecular weight is 244 g/mol. The molecule has 5 heteroatoms. The van der Waals surface area contributed by atoms with Gasteiger partial charge in [-0.05, 0) is 30.3 Å². The molecule has 94 valence electrons. The lowest BCUT2D eigenvalue weighted by Crippen LogP contribution is -2.34. The molecule has 18 heavy (non-hydrogen) atoms. The molecule has 1 N–H and O–H groups in total. The number of hydrogen-bond acceptors (Lipinski definition) is 5. The maximum Gasteiger partial charge on any atom is 0.266 e. The summed E-state index contributed by atoms with van der Waals surface area (Å²) in [5.74, 6) is 1.23. The number of aromatic nitrogens is 2. The van der Waals surface area contributed by atoms with Gasteiger partial charge in [0.05, 0.1) is 0 Å². The van der Waals surface area contributed by atoms with Crippen molar-refractivity contribution in [3.63, 3.8) is 0 Å². The van der Waals surface area contributed by atoms with Gasteiger partial charge in [-0.15, -0.1) is 0 Å². The van der Waals surface area contributed by atoms with Crippen LogP contribution in [0.4, 0.5) is 5.95 Å². The fourth-order valence-corrected chi connectivity index (χ4v) is 2.19. The van der Waals surface area contributed by atoms with Gasteiger partial charge in [-0.3, -0.25) is 0 Å². The molecule has 1 aromatic carbocycles. The molecule has 2 heterocycles. The van der Waals surface area contributed by atoms with Crippen molar-refractivity contribution in [3.05, 3.63) is 30.3 Å². The number of benzene rings is 1. The van der Waals surface area contributed by atoms with Crippen LogP contribution < -0.4 is 10.2 Å². The molecule has 1 aliphatic rings. The van der Waals surface area contributed by atoms with Crippen LogP contribution in [0.2, 0.25) is 0 Å². The highest BCUT2D eigenvalue weighted by Gasteiger charge is 2.23. The minimum atomic E-state index is 0.450. The zero-order valence-electron chi connectivity index (χ0n) is 10.3. The Labute approximate surface area is 106 Å². The maximum absolute atomic E-state index is 5.31. The number of hydrogen-bond donors (Lipinski definition) is 1. The van der Waals surface area contributed by atoms with E-state index in [0.717, 1.165) is 25.1 Å². The van der Waals surface area contributed by atoms with E-state index >= 15 is 0 Å². The van der Waals surface area contributed by atoms with Gasteiger partial charge in [0.25, 0.3) is 11.8 Å². The molecule has 0 spiro atoms. The molecular weight excluding hydrogens is 228 g/mol. The summed E-state index contributed by atoms with van der Waals surface area (Å²) in [4.78, 5) is 6.52. The summed E-state index contributed by atoms with van der Waals surface area (Å²) in [5.41, 5.74) is 0.953. The molecule has 0 bridgehead atoms. The Kier molecular flexibility index (Phi) is 2.98. The zero-order valence-corrected chi connectivity index (χ0v) is 10.3. The lowest BCUT2D eigenvalue weighted by Gasteiger charge is -2.20. The van der Waals surface area contributed by atoms with Crippen LogP contribution in [0.25, 0.3) is 11.5 Å². The van der Waals surface area contributed by atoms with E-state index in [1.165, 1.54) is 0 Å². The highest BCUT2D eigenvalue weighted by atomic mass is 16.5. The summed E-state index contributed by atoms with van der Waals surface area (Å²) in [6, 6.07) is 10.3. The van der Waals surface area contributed by atoms with E-state index in [1.807, 2.05) is 37.4 Å². The van der Waals surface area contributed by atoms with E-state index < -0.39 is 0 Å². The second kappa shape index (κ2) is 4.78. The van der Waals surface area contributed by atoms with Crippen molar-refractivity contribution in [3.8, 4) is 11.5 Å². The highest BCUT2D eigenvalue weighted by Crippen LogP contribution is 2.21. The van der Waals surface area contributed by atoms with Crippen molar-refractivity contribution in [1.29, 1.82) is 0 Å². The summed E-state index contributed by atoms with van der Waals surface area (Å²) >= 11 is 0. The zero-order chi connectivity index (χ0) is 12.4. The first-order chi connectivity index (χ1) is 8.84. The molecule has 1 saturated heterocycles. The van der Waals surface area contributed by atoms with E-state index in [2.05, 4.69) is 20.4 Å². The Bertz CT molecular complexity index is 505. The van der Waals surface area contributed by atoms with Gasteiger partial charge in [0.2, 0.25) is 0 Å². The van der Waals surface area contributed by atoms with E-state index in [0.29, 0.717) is 17.9 Å². The molecule has 0 aliphatic carbocycles. The highest BCUT2D eigenvalue weighted by molar-refractivity contribution is 5.54. The molecule has 0 saturated carbocycles. The Hall–Kier alpha value is -1.88. The van der Waals surface area contributed by atoms with Gasteiger partial charge in [0, 0.05) is 25.2 Å². The van der Waals surface area contributed by atoms with Crippen LogP contribution in [0.15, 0.2) is 34.9 Å². The van der Waals surface area contributed by atoms with Crippen molar-refractivity contribution in [1.82, 2.24) is 15.5 Å². The van der Waals surface area contributed by atoms with Gasteiger partial charge in [-0.25, -0.2) is 0 Å². The van der Waals surface area contributed by atoms with E-state index in [9.17, 15) is 0 Å². The fraction of sp³-hybridized carbons (Fsp3) is 0.385. The third-order valence-electron chi connectivity index (χ3n) is 3.33. The van der Waals surface area contributed by atoms with Crippen LogP contribution in [-0.2, 0) is 0 Å². The van der Waals surface area contributed by atoms with Gasteiger partial charge in [-0.2, -0.15) is 4.98 Å². The molecule has 1 unspecified atom stereocenters. The minimum absolute atomic E-state index is 0.450. The molecule has 1 aromatic heterocycles. The second-order valence-electron chi connectivity index (χ2n) is 4.52. The van der Waals surface area contributed by atoms with Crippen LogP contribution in [0.1, 0.15) is 6.42 Å². The Morgan fingerprint density at radius 1 is 1.33 bits per heavy atom. The second-order valence-corrected chi connectivity index (χ2v) is 4.52. The first kappa shape index (κ1) is 11.2. The van der Waals surface area contributed by atoms with Gasteiger partial charge in [0.1, 0.15) is 0 Å². The van der Waals surface area contributed by atoms with Crippen molar-refractivity contribution in [2.24, 2.45) is 0 Å². The summed E-state index contributed by atoms with van der Waals surface area (Å²) < 4.78 is 5.31. The van der Waals surface area contributed by atoms with Crippen molar-refractivity contribution < 1.29 is 4.52 Å². The number of rotatable bonds is 3. The molecule has 3 rings (SSSR count). The number of likely N-dealkylation sites (N-methyl/N-ethyl adjacent to an activating group) is 1. The lowest BCUT2D eigenvalue weighted by molar-refractivity contribution is 0.428. The summed E-state index contributed by atoms with van der Waals surface area (Å²) in [6.45, 7) is 2.03. The van der Waals surface area contributed by atoms with E-state index in [1.54, 1.807) is 0 Å². The predicted octanol–water partition coefficient (Wildman–Crippen LogP) is 1.53. The molecule has 1 atom stereocenters. The molecule has 2 aromatic rings. The standard InChI is InChI=1S/C13H16N4O/c1-17(11-7-8-14-9-11)13-15-12(18-16-13)10-5-3-2-4-6-10/h2-6,11,14H,7-9H2,1H3. The van der Waals surface area contributed by atoms with E-state index in [-0.39, 0.29) is 0 Å². The number of nitrogens with one attached hydrogen (secondary N) is 1. The molecule has 0 radical (unpaired) electrons. The normalized spacial score (nSPS) is 19.1. The smallest absolute Gasteiger partial charge is 0.266 e. The molecule has 5 nitrogen and oxygen atoms in total. The first-order valence-electron chi connectivity index (χ1n) is 6.17. The van der Waals surface area contributed by atoms with Gasteiger partial charge in [0.15, 0.2) is 0 Å². The predicted molar refractivity (Wildman–Crippen MR) is 69.4 cm³/mol. The largest absolute Gasteiger partial charge is 0.337 e. The average Bonchev–Trinajstić information content (AvgIpc) is 3.10. The third-order valence-corrected chi connectivity index (χ3v) is 3.33. The summed E-state index contributed by atoms with van der Waals surface area (Å²) in [7, 11) is 2.01. The maximum atomic E-state index is 5.31. The monoisotopic (exact) mass is 244 g/mol. The van der Waals surface area contributed by atoms with Crippen molar-refractivity contribution in [2.45, 2.75) is 12.5 Å². The van der Waals surface area contributed by atoms with Crippen molar-refractivity contribution >= 4 is 5.95 Å². The Balaban J connectivity index is 1.81. The van der Waals surface area contributed by atoms with Crippen LogP contribution in [0.5, 0.6) is 0 Å². The lowest BCUT2D eigenvalue weighted by atomic mass is 10.2. The SMILES string of the molecule is CN(c1noc(-c2ccccc2)n1)C1CCNC1. The Morgan fingerprint density at radius 2 is 2.17 bits per heavy atom. The van der Waals surface area contributed by atoms with Crippen LogP contribution in [0, 0.1) is 0 Å². The third kappa shape index (κ3) is 2.09. The number of nitrogens with zero attached hydrogens (tertiary/aromatic N) is 3. The topological polar surface area (TPSA) is 54.2 Å². The van der Waals surface area contributed by atoms with Gasteiger partial charge in [-0.1, -0.05) is 18.2 Å². The van der Waals surface area contributed by atoms with Crippen LogP contribution >= 0.6 is 0 Å². The number of anilines is 1. The molecule has 1 fully saturated rings. The van der Waals surface area contributed by atoms with Crippen LogP contribution in [0.3, 0.4) is 0 Å². The molecule has 1 aliphatic heterocycles. The van der Waals surface area contributed by atoms with E-state index in [4.69, 9.17) is 4.52 Å². The minimum Gasteiger partial charge on any atom is -0.337 e. The van der Waals surface area contributed by atoms with Gasteiger partial charge >= 0.3 is 0 Å².